The van der Waals surface area contributed by atoms with Gasteiger partial charge in [-0.2, -0.15) is 0 Å². The first-order valence-electron chi connectivity index (χ1n) is 8.96. The van der Waals surface area contributed by atoms with Gasteiger partial charge in [-0.3, -0.25) is 4.79 Å². The van der Waals surface area contributed by atoms with Crippen LogP contribution in [0, 0.1) is 5.92 Å². The van der Waals surface area contributed by atoms with Crippen LogP contribution in [-0.2, 0) is 10.2 Å². The highest BCUT2D eigenvalue weighted by molar-refractivity contribution is 6.30. The van der Waals surface area contributed by atoms with Gasteiger partial charge < -0.3 is 10.6 Å². The SMILES string of the molecule is O=C(NCCC1CCNC1)C1(c2cccc(Cl)c2)CCCCC1. The molecule has 0 aromatic heterocycles. The van der Waals surface area contributed by atoms with Gasteiger partial charge in [-0.15, -0.1) is 0 Å². The zero-order valence-corrected chi connectivity index (χ0v) is 14.5. The van der Waals surface area contributed by atoms with Crippen molar-refractivity contribution in [3.8, 4) is 0 Å². The maximum atomic E-state index is 13.0. The predicted molar refractivity (Wildman–Crippen MR) is 94.8 cm³/mol. The average Bonchev–Trinajstić information content (AvgIpc) is 3.09. The summed E-state index contributed by atoms with van der Waals surface area (Å²) in [6, 6.07) is 7.89. The van der Waals surface area contributed by atoms with E-state index in [1.165, 1.54) is 12.8 Å². The number of benzene rings is 1. The van der Waals surface area contributed by atoms with Crippen molar-refractivity contribution in [1.29, 1.82) is 0 Å². The topological polar surface area (TPSA) is 41.1 Å². The monoisotopic (exact) mass is 334 g/mol. The Morgan fingerprint density at radius 2 is 2.13 bits per heavy atom. The molecule has 2 N–H and O–H groups in total. The number of amides is 1. The number of carbonyl (C=O) groups excluding carboxylic acids is 1. The normalized spacial score (nSPS) is 23.6. The summed E-state index contributed by atoms with van der Waals surface area (Å²) in [5.74, 6) is 0.911. The van der Waals surface area contributed by atoms with Crippen molar-refractivity contribution < 1.29 is 4.79 Å². The number of hydrogen-bond acceptors (Lipinski definition) is 2. The molecule has 3 rings (SSSR count). The molecule has 0 spiro atoms. The first kappa shape index (κ1) is 16.8. The molecule has 2 fully saturated rings. The van der Waals surface area contributed by atoms with Gasteiger partial charge in [0.2, 0.25) is 5.91 Å². The van der Waals surface area contributed by atoms with Crippen LogP contribution in [0.2, 0.25) is 5.02 Å². The summed E-state index contributed by atoms with van der Waals surface area (Å²) >= 11 is 6.18. The van der Waals surface area contributed by atoms with Crippen molar-refractivity contribution in [2.75, 3.05) is 19.6 Å². The quantitative estimate of drug-likeness (QED) is 0.862. The molecular weight excluding hydrogens is 308 g/mol. The molecule has 1 unspecified atom stereocenters. The minimum Gasteiger partial charge on any atom is -0.355 e. The van der Waals surface area contributed by atoms with E-state index in [-0.39, 0.29) is 11.3 Å². The smallest absolute Gasteiger partial charge is 0.230 e. The Labute approximate surface area is 144 Å². The van der Waals surface area contributed by atoms with Crippen LogP contribution in [0.1, 0.15) is 50.5 Å². The van der Waals surface area contributed by atoms with Crippen LogP contribution >= 0.6 is 11.6 Å². The van der Waals surface area contributed by atoms with E-state index < -0.39 is 0 Å². The molecule has 1 amide bonds. The molecule has 1 aliphatic carbocycles. The van der Waals surface area contributed by atoms with Crippen LogP contribution in [-0.4, -0.2) is 25.5 Å². The standard InChI is InChI=1S/C19H27ClN2O/c20-17-6-4-5-16(13-17)19(9-2-1-3-10-19)18(23)22-12-8-15-7-11-21-14-15/h4-6,13,15,21H,1-3,7-12,14H2,(H,22,23). The molecule has 1 saturated heterocycles. The summed E-state index contributed by atoms with van der Waals surface area (Å²) in [4.78, 5) is 13.0. The average molecular weight is 335 g/mol. The second kappa shape index (κ2) is 7.67. The minimum atomic E-state index is -0.378. The van der Waals surface area contributed by atoms with Gasteiger partial charge in [-0.05, 0) is 62.4 Å². The van der Waals surface area contributed by atoms with Gasteiger partial charge in [0.25, 0.3) is 0 Å². The van der Waals surface area contributed by atoms with Crippen LogP contribution in [0.15, 0.2) is 24.3 Å². The first-order chi connectivity index (χ1) is 11.2. The Balaban J connectivity index is 1.68. The van der Waals surface area contributed by atoms with Crippen molar-refractivity contribution in [2.45, 2.75) is 50.4 Å². The summed E-state index contributed by atoms with van der Waals surface area (Å²) in [5.41, 5.74) is 0.710. The Morgan fingerprint density at radius 1 is 1.30 bits per heavy atom. The summed E-state index contributed by atoms with van der Waals surface area (Å²) in [7, 11) is 0. The van der Waals surface area contributed by atoms with Crippen LogP contribution in [0.5, 0.6) is 0 Å². The van der Waals surface area contributed by atoms with Crippen molar-refractivity contribution >= 4 is 17.5 Å². The zero-order valence-electron chi connectivity index (χ0n) is 13.7. The number of rotatable bonds is 5. The third kappa shape index (κ3) is 3.89. The van der Waals surface area contributed by atoms with E-state index in [1.54, 1.807) is 0 Å². The minimum absolute atomic E-state index is 0.199. The van der Waals surface area contributed by atoms with Crippen molar-refractivity contribution in [3.63, 3.8) is 0 Å². The van der Waals surface area contributed by atoms with Gasteiger partial charge in [0.1, 0.15) is 0 Å². The highest BCUT2D eigenvalue weighted by Crippen LogP contribution is 2.40. The summed E-state index contributed by atoms with van der Waals surface area (Å²) < 4.78 is 0. The Hall–Kier alpha value is -1.06. The van der Waals surface area contributed by atoms with Crippen LogP contribution < -0.4 is 10.6 Å². The summed E-state index contributed by atoms with van der Waals surface area (Å²) in [5, 5.41) is 7.33. The third-order valence-corrected chi connectivity index (χ3v) is 5.75. The van der Waals surface area contributed by atoms with Crippen molar-refractivity contribution in [2.24, 2.45) is 5.92 Å². The molecule has 0 bridgehead atoms. The van der Waals surface area contributed by atoms with Crippen molar-refractivity contribution in [3.05, 3.63) is 34.9 Å². The van der Waals surface area contributed by atoms with Gasteiger partial charge in [-0.1, -0.05) is 43.0 Å². The fourth-order valence-corrected chi connectivity index (χ4v) is 4.30. The largest absolute Gasteiger partial charge is 0.355 e. The number of halogens is 1. The first-order valence-corrected chi connectivity index (χ1v) is 9.33. The van der Waals surface area contributed by atoms with Crippen molar-refractivity contribution in [1.82, 2.24) is 10.6 Å². The lowest BCUT2D eigenvalue weighted by Crippen LogP contribution is -2.46. The lowest BCUT2D eigenvalue weighted by molar-refractivity contribution is -0.128. The van der Waals surface area contributed by atoms with E-state index in [2.05, 4.69) is 16.7 Å². The summed E-state index contributed by atoms with van der Waals surface area (Å²) in [6.45, 7) is 2.99. The fourth-order valence-electron chi connectivity index (χ4n) is 4.11. The van der Waals surface area contributed by atoms with E-state index >= 15 is 0 Å². The molecule has 0 radical (unpaired) electrons. The highest BCUT2D eigenvalue weighted by Gasteiger charge is 2.41. The number of carbonyl (C=O) groups is 1. The number of hydrogen-bond donors (Lipinski definition) is 2. The van der Waals surface area contributed by atoms with E-state index in [4.69, 9.17) is 11.6 Å². The lowest BCUT2D eigenvalue weighted by Gasteiger charge is -2.36. The Morgan fingerprint density at radius 3 is 2.83 bits per heavy atom. The van der Waals surface area contributed by atoms with Crippen LogP contribution in [0.25, 0.3) is 0 Å². The van der Waals surface area contributed by atoms with Gasteiger partial charge >= 0.3 is 0 Å². The second-order valence-corrected chi connectivity index (χ2v) is 7.49. The molecule has 1 saturated carbocycles. The van der Waals surface area contributed by atoms with Gasteiger partial charge in [0.15, 0.2) is 0 Å². The molecular formula is C19H27ClN2O. The Bertz CT molecular complexity index is 534. The second-order valence-electron chi connectivity index (χ2n) is 7.06. The highest BCUT2D eigenvalue weighted by atomic mass is 35.5. The van der Waals surface area contributed by atoms with E-state index in [9.17, 15) is 4.79 Å². The molecule has 4 heteroatoms. The zero-order chi connectivity index (χ0) is 16.1. The summed E-state index contributed by atoms with van der Waals surface area (Å²) in [6.07, 6.45) is 7.64. The van der Waals surface area contributed by atoms with E-state index in [0.717, 1.165) is 62.3 Å². The number of nitrogens with one attached hydrogen (secondary N) is 2. The molecule has 1 heterocycles. The third-order valence-electron chi connectivity index (χ3n) is 5.52. The van der Waals surface area contributed by atoms with Crippen LogP contribution in [0.3, 0.4) is 0 Å². The van der Waals surface area contributed by atoms with Gasteiger partial charge in [0.05, 0.1) is 5.41 Å². The van der Waals surface area contributed by atoms with Gasteiger partial charge in [0, 0.05) is 11.6 Å². The lowest BCUT2D eigenvalue weighted by atomic mass is 9.68. The predicted octanol–water partition coefficient (Wildman–Crippen LogP) is 3.66. The van der Waals surface area contributed by atoms with Gasteiger partial charge in [-0.25, -0.2) is 0 Å². The maximum absolute atomic E-state index is 13.0. The fraction of sp³-hybridized carbons (Fsp3) is 0.632. The molecule has 1 atom stereocenters. The maximum Gasteiger partial charge on any atom is 0.230 e. The van der Waals surface area contributed by atoms with E-state index in [0.29, 0.717) is 5.92 Å². The molecule has 1 aromatic carbocycles. The molecule has 3 nitrogen and oxygen atoms in total. The molecule has 1 aromatic rings. The molecule has 23 heavy (non-hydrogen) atoms. The van der Waals surface area contributed by atoms with Crippen LogP contribution in [0.4, 0.5) is 0 Å². The Kier molecular flexibility index (Phi) is 5.60. The van der Waals surface area contributed by atoms with E-state index in [1.807, 2.05) is 18.2 Å². The molecule has 2 aliphatic rings. The molecule has 1 aliphatic heterocycles. The molecule has 126 valence electrons.